The number of aliphatic carboxylic acids is 1. The van der Waals surface area contributed by atoms with Gasteiger partial charge in [-0.1, -0.05) is 0 Å². The zero-order chi connectivity index (χ0) is 18.1. The quantitative estimate of drug-likeness (QED) is 0.706. The van der Waals surface area contributed by atoms with Crippen LogP contribution >= 0.6 is 0 Å². The van der Waals surface area contributed by atoms with Gasteiger partial charge in [-0.25, -0.2) is 0 Å². The van der Waals surface area contributed by atoms with Crippen LogP contribution < -0.4 is 0 Å². The van der Waals surface area contributed by atoms with Crippen LogP contribution in [0.5, 0.6) is 0 Å². The third-order valence-corrected chi connectivity index (χ3v) is 5.07. The Morgan fingerprint density at radius 1 is 1.12 bits per heavy atom. The molecule has 3 rings (SSSR count). The number of ketones is 1. The summed E-state index contributed by atoms with van der Waals surface area (Å²) >= 11 is 0. The number of hydrogen-bond acceptors (Lipinski definition) is 4. The lowest BCUT2D eigenvalue weighted by Crippen LogP contribution is -2.09. The Balaban J connectivity index is 2.10. The summed E-state index contributed by atoms with van der Waals surface area (Å²) in [6.07, 6.45) is 3.04. The van der Waals surface area contributed by atoms with Crippen LogP contribution in [-0.4, -0.2) is 27.3 Å². The van der Waals surface area contributed by atoms with Gasteiger partial charge in [0.05, 0.1) is 17.7 Å². The van der Waals surface area contributed by atoms with Gasteiger partial charge >= 0.3 is 5.97 Å². The largest absolute Gasteiger partial charge is 0.481 e. The van der Waals surface area contributed by atoms with Crippen LogP contribution in [0.15, 0.2) is 58.0 Å². The van der Waals surface area contributed by atoms with Crippen molar-refractivity contribution in [3.63, 3.8) is 0 Å². The number of benzene rings is 2. The van der Waals surface area contributed by atoms with Crippen LogP contribution in [0.3, 0.4) is 0 Å². The maximum Gasteiger partial charge on any atom is 0.310 e. The molecule has 1 N–H and O–H groups in total. The molecule has 2 unspecified atom stereocenters. The lowest BCUT2D eigenvalue weighted by Gasteiger charge is -2.10. The fourth-order valence-electron chi connectivity index (χ4n) is 2.62. The highest BCUT2D eigenvalue weighted by molar-refractivity contribution is 7.84. The monoisotopic (exact) mass is 356 g/mol. The second-order valence-electron chi connectivity index (χ2n) is 5.77. The second kappa shape index (κ2) is 6.64. The van der Waals surface area contributed by atoms with E-state index in [9.17, 15) is 18.9 Å². The van der Waals surface area contributed by atoms with Crippen molar-refractivity contribution < 1.29 is 23.3 Å². The molecule has 0 saturated carbocycles. The molecular formula is C19H16O5S. The highest BCUT2D eigenvalue weighted by atomic mass is 32.2. The van der Waals surface area contributed by atoms with Gasteiger partial charge in [-0.05, 0) is 55.0 Å². The molecule has 1 aromatic heterocycles. The van der Waals surface area contributed by atoms with Crippen LogP contribution in [0, 0.1) is 0 Å². The van der Waals surface area contributed by atoms with Crippen LogP contribution in [0.4, 0.5) is 0 Å². The van der Waals surface area contributed by atoms with E-state index in [0.29, 0.717) is 32.6 Å². The van der Waals surface area contributed by atoms with Gasteiger partial charge in [-0.3, -0.25) is 13.8 Å². The Labute approximate surface area is 146 Å². The van der Waals surface area contributed by atoms with Gasteiger partial charge in [-0.2, -0.15) is 0 Å². The first-order valence-corrected chi connectivity index (χ1v) is 9.16. The summed E-state index contributed by atoms with van der Waals surface area (Å²) in [7, 11) is -1.12. The van der Waals surface area contributed by atoms with E-state index < -0.39 is 22.7 Å². The molecule has 0 aliphatic rings. The molecule has 0 bridgehead atoms. The predicted molar refractivity (Wildman–Crippen MR) is 94.5 cm³/mol. The van der Waals surface area contributed by atoms with E-state index in [-0.39, 0.29) is 5.78 Å². The smallest absolute Gasteiger partial charge is 0.310 e. The summed E-state index contributed by atoms with van der Waals surface area (Å²) in [5.74, 6) is -1.97. The van der Waals surface area contributed by atoms with Gasteiger partial charge in [-0.15, -0.1) is 0 Å². The normalized spacial score (nSPS) is 13.5. The third kappa shape index (κ3) is 3.25. The van der Waals surface area contributed by atoms with Gasteiger partial charge < -0.3 is 9.52 Å². The molecule has 2 atom stereocenters. The maximum atomic E-state index is 12.9. The summed E-state index contributed by atoms with van der Waals surface area (Å²) < 4.78 is 16.9. The van der Waals surface area contributed by atoms with Crippen molar-refractivity contribution in [1.29, 1.82) is 0 Å². The fraction of sp³-hybridized carbons (Fsp3) is 0.158. The molecular weight excluding hydrogens is 340 g/mol. The summed E-state index contributed by atoms with van der Waals surface area (Å²) in [6, 6.07) is 11.5. The molecule has 0 amide bonds. The maximum absolute atomic E-state index is 12.9. The molecule has 0 fully saturated rings. The molecule has 1 heterocycles. The van der Waals surface area contributed by atoms with Crippen LogP contribution in [0.2, 0.25) is 0 Å². The number of carbonyl (C=O) groups excluding carboxylic acids is 1. The molecule has 0 aliphatic heterocycles. The predicted octanol–water partition coefficient (Wildman–Crippen LogP) is 3.59. The molecule has 6 heteroatoms. The van der Waals surface area contributed by atoms with E-state index in [2.05, 4.69) is 0 Å². The first-order chi connectivity index (χ1) is 11.9. The van der Waals surface area contributed by atoms with E-state index >= 15 is 0 Å². The summed E-state index contributed by atoms with van der Waals surface area (Å²) in [5.41, 5.74) is 1.70. The number of carboxylic acid groups (broad SMARTS) is 1. The minimum Gasteiger partial charge on any atom is -0.481 e. The van der Waals surface area contributed by atoms with Crippen LogP contribution in [0.25, 0.3) is 11.0 Å². The lowest BCUT2D eigenvalue weighted by atomic mass is 9.94. The van der Waals surface area contributed by atoms with E-state index in [0.717, 1.165) is 0 Å². The van der Waals surface area contributed by atoms with Crippen molar-refractivity contribution in [3.8, 4) is 0 Å². The minimum atomic E-state index is -1.12. The summed E-state index contributed by atoms with van der Waals surface area (Å²) in [5, 5.41) is 9.93. The molecule has 0 aliphatic carbocycles. The van der Waals surface area contributed by atoms with Gasteiger partial charge in [0.15, 0.2) is 5.78 Å². The molecule has 5 nitrogen and oxygen atoms in total. The van der Waals surface area contributed by atoms with E-state index in [1.807, 2.05) is 0 Å². The molecule has 0 saturated heterocycles. The standard InChI is InChI=1S/C19H16O5S/c1-11(19(21)22)14-9-13-7-8-24-18(13)16(10-14)17(20)12-3-5-15(6-4-12)25(2)23/h3-11H,1-2H3,(H,21,22). The number of rotatable bonds is 5. The average Bonchev–Trinajstić information content (AvgIpc) is 3.08. The van der Waals surface area contributed by atoms with Crippen molar-refractivity contribution in [3.05, 3.63) is 65.4 Å². The number of fused-ring (bicyclic) bond motifs is 1. The minimum absolute atomic E-state index is 0.271. The number of carbonyl (C=O) groups is 2. The topological polar surface area (TPSA) is 84.6 Å². The lowest BCUT2D eigenvalue weighted by molar-refractivity contribution is -0.138. The van der Waals surface area contributed by atoms with Gasteiger partial charge in [0.2, 0.25) is 0 Å². The first kappa shape index (κ1) is 17.1. The number of furan rings is 1. The summed E-state index contributed by atoms with van der Waals surface area (Å²) in [6.45, 7) is 1.57. The van der Waals surface area contributed by atoms with Gasteiger partial charge in [0.25, 0.3) is 0 Å². The van der Waals surface area contributed by atoms with Gasteiger partial charge in [0.1, 0.15) is 5.58 Å². The van der Waals surface area contributed by atoms with E-state index in [4.69, 9.17) is 4.42 Å². The number of carboxylic acids is 1. The molecule has 3 aromatic rings. The second-order valence-corrected chi connectivity index (χ2v) is 7.15. The molecule has 0 radical (unpaired) electrons. The fourth-order valence-corrected chi connectivity index (χ4v) is 3.14. The molecule has 128 valence electrons. The van der Waals surface area contributed by atoms with E-state index in [1.165, 1.54) is 6.26 Å². The molecule has 2 aromatic carbocycles. The first-order valence-electron chi connectivity index (χ1n) is 7.60. The van der Waals surface area contributed by atoms with Crippen molar-refractivity contribution in [2.75, 3.05) is 6.26 Å². The van der Waals surface area contributed by atoms with Crippen LogP contribution in [-0.2, 0) is 15.6 Å². The van der Waals surface area contributed by atoms with Crippen molar-refractivity contribution in [2.45, 2.75) is 17.7 Å². The van der Waals surface area contributed by atoms with E-state index in [1.54, 1.807) is 55.6 Å². The zero-order valence-electron chi connectivity index (χ0n) is 13.7. The number of hydrogen-bond donors (Lipinski definition) is 1. The molecule has 25 heavy (non-hydrogen) atoms. The summed E-state index contributed by atoms with van der Waals surface area (Å²) in [4.78, 5) is 24.8. The Hall–Kier alpha value is -2.73. The highest BCUT2D eigenvalue weighted by Crippen LogP contribution is 2.28. The Kier molecular flexibility index (Phi) is 4.55. The average molecular weight is 356 g/mol. The van der Waals surface area contributed by atoms with Crippen LogP contribution in [0.1, 0.15) is 34.3 Å². The Bertz CT molecular complexity index is 985. The highest BCUT2D eigenvalue weighted by Gasteiger charge is 2.21. The van der Waals surface area contributed by atoms with Crippen molar-refractivity contribution >= 4 is 33.5 Å². The molecule has 0 spiro atoms. The zero-order valence-corrected chi connectivity index (χ0v) is 14.5. The SMILES string of the molecule is CC(C(=O)O)c1cc(C(=O)c2ccc(S(C)=O)cc2)c2occc2c1. The van der Waals surface area contributed by atoms with Crippen molar-refractivity contribution in [2.24, 2.45) is 0 Å². The Morgan fingerprint density at radius 2 is 1.80 bits per heavy atom. The third-order valence-electron chi connectivity index (χ3n) is 4.14. The Morgan fingerprint density at radius 3 is 2.40 bits per heavy atom. The van der Waals surface area contributed by atoms with Crippen molar-refractivity contribution in [1.82, 2.24) is 0 Å². The van der Waals surface area contributed by atoms with Gasteiger partial charge in [0, 0.05) is 32.9 Å².